The van der Waals surface area contributed by atoms with E-state index in [1.54, 1.807) is 0 Å². The molecule has 8 nitrogen and oxygen atoms in total. The first-order valence-corrected chi connectivity index (χ1v) is 7.71. The van der Waals surface area contributed by atoms with E-state index < -0.39 is 24.3 Å². The quantitative estimate of drug-likeness (QED) is 0.208. The normalized spacial score (nSPS) is 11.6. The molecule has 0 aromatic carbocycles. The molecule has 22 heavy (non-hydrogen) atoms. The number of amides is 3. The van der Waals surface area contributed by atoms with E-state index in [-0.39, 0.29) is 12.3 Å². The highest BCUT2D eigenvalue weighted by Crippen LogP contribution is 2.08. The molecule has 0 saturated heterocycles. The first-order chi connectivity index (χ1) is 10.5. The molecular weight excluding hydrogens is 290 g/mol. The smallest absolute Gasteiger partial charge is 0.266 e. The molecule has 0 saturated carbocycles. The van der Waals surface area contributed by atoms with Crippen molar-refractivity contribution in [3.8, 4) is 0 Å². The Hall–Kier alpha value is -1.67. The second-order valence-electron chi connectivity index (χ2n) is 5.21. The van der Waals surface area contributed by atoms with Crippen molar-refractivity contribution in [1.29, 1.82) is 0 Å². The maximum atomic E-state index is 11.7. The molecule has 0 aliphatic rings. The van der Waals surface area contributed by atoms with Gasteiger partial charge in [0, 0.05) is 6.42 Å². The Morgan fingerprint density at radius 2 is 1.45 bits per heavy atom. The predicted molar refractivity (Wildman–Crippen MR) is 79.0 cm³/mol. The third kappa shape index (κ3) is 10.1. The molecule has 0 bridgehead atoms. The van der Waals surface area contributed by atoms with Crippen molar-refractivity contribution in [3.05, 3.63) is 0 Å². The van der Waals surface area contributed by atoms with Gasteiger partial charge in [0.25, 0.3) is 5.91 Å². The minimum Gasteiger partial charge on any atom is -0.344 e. The second-order valence-corrected chi connectivity index (χ2v) is 5.21. The molecule has 0 rings (SSSR count). The fraction of sp³-hybridized carbons (Fsp3) is 0.786. The van der Waals surface area contributed by atoms with Crippen LogP contribution in [-0.4, -0.2) is 34.2 Å². The average Bonchev–Trinajstić information content (AvgIpc) is 2.52. The molecule has 0 radical (unpaired) electrons. The van der Waals surface area contributed by atoms with Crippen LogP contribution in [-0.2, 0) is 14.4 Å². The molecule has 0 aromatic rings. The number of hydroxylamine groups is 2. The van der Waals surface area contributed by atoms with E-state index in [1.165, 1.54) is 30.2 Å². The molecule has 0 aromatic heterocycles. The van der Waals surface area contributed by atoms with Gasteiger partial charge in [-0.15, -0.1) is 0 Å². The van der Waals surface area contributed by atoms with E-state index in [4.69, 9.17) is 10.4 Å². The van der Waals surface area contributed by atoms with Crippen LogP contribution in [0.3, 0.4) is 0 Å². The minimum atomic E-state index is -1.21. The molecule has 8 heteroatoms. The molecule has 1 unspecified atom stereocenters. The summed E-state index contributed by atoms with van der Waals surface area (Å²) in [6.45, 7) is 2.15. The summed E-state index contributed by atoms with van der Waals surface area (Å²) < 4.78 is 0. The van der Waals surface area contributed by atoms with Gasteiger partial charge >= 0.3 is 0 Å². The Bertz CT molecular complexity index is 349. The summed E-state index contributed by atoms with van der Waals surface area (Å²) in [5.41, 5.74) is 2.75. The summed E-state index contributed by atoms with van der Waals surface area (Å²) >= 11 is 0. The number of carbonyl (C=O) groups is 3. The molecule has 0 aliphatic heterocycles. The number of rotatable bonds is 12. The Balaban J connectivity index is 3.97. The van der Waals surface area contributed by atoms with E-state index >= 15 is 0 Å². The molecule has 0 spiro atoms. The van der Waals surface area contributed by atoms with Crippen LogP contribution in [0, 0.1) is 0 Å². The van der Waals surface area contributed by atoms with Crippen molar-refractivity contribution in [2.45, 2.75) is 70.8 Å². The molecule has 0 aliphatic carbocycles. The Labute approximate surface area is 130 Å². The van der Waals surface area contributed by atoms with Gasteiger partial charge in [0.2, 0.25) is 11.8 Å². The lowest BCUT2D eigenvalue weighted by Crippen LogP contribution is -2.48. The molecule has 3 amide bonds. The van der Waals surface area contributed by atoms with Crippen LogP contribution in [0.15, 0.2) is 0 Å². The van der Waals surface area contributed by atoms with Crippen LogP contribution in [0.2, 0.25) is 0 Å². The van der Waals surface area contributed by atoms with Crippen molar-refractivity contribution < 1.29 is 24.8 Å². The standard InChI is InChI=1S/C14H27N3O5/c1-2-3-4-5-6-7-8-9-12(18)15-11(14(20)17-22)10-13(19)16-21/h11,21-22H,2-10H2,1H3,(H,15,18)(H,16,19)(H,17,20). The topological polar surface area (TPSA) is 128 Å². The maximum Gasteiger partial charge on any atom is 0.266 e. The van der Waals surface area contributed by atoms with Gasteiger partial charge in [-0.2, -0.15) is 0 Å². The van der Waals surface area contributed by atoms with E-state index in [0.29, 0.717) is 6.42 Å². The minimum absolute atomic E-state index is 0.254. The van der Waals surface area contributed by atoms with Crippen molar-refractivity contribution in [2.24, 2.45) is 0 Å². The van der Waals surface area contributed by atoms with Gasteiger partial charge < -0.3 is 5.32 Å². The van der Waals surface area contributed by atoms with Crippen molar-refractivity contribution in [2.75, 3.05) is 0 Å². The van der Waals surface area contributed by atoms with Gasteiger partial charge in [0.05, 0.1) is 6.42 Å². The summed E-state index contributed by atoms with van der Waals surface area (Å²) in [5, 5.41) is 19.4. The van der Waals surface area contributed by atoms with E-state index in [2.05, 4.69) is 12.2 Å². The van der Waals surface area contributed by atoms with E-state index in [1.807, 2.05) is 0 Å². The Morgan fingerprint density at radius 3 is 2.00 bits per heavy atom. The molecule has 128 valence electrons. The van der Waals surface area contributed by atoms with Crippen molar-refractivity contribution >= 4 is 17.7 Å². The largest absolute Gasteiger partial charge is 0.344 e. The fourth-order valence-electron chi connectivity index (χ4n) is 2.03. The van der Waals surface area contributed by atoms with Crippen molar-refractivity contribution in [3.63, 3.8) is 0 Å². The summed E-state index contributed by atoms with van der Waals surface area (Å²) in [4.78, 5) is 34.1. The monoisotopic (exact) mass is 317 g/mol. The number of nitrogens with one attached hydrogen (secondary N) is 3. The number of unbranched alkanes of at least 4 members (excludes halogenated alkanes) is 6. The summed E-state index contributed by atoms with van der Waals surface area (Å²) in [5.74, 6) is -2.10. The highest BCUT2D eigenvalue weighted by Gasteiger charge is 2.23. The first kappa shape index (κ1) is 20.3. The molecule has 0 heterocycles. The number of hydrogen-bond donors (Lipinski definition) is 5. The molecule has 0 fully saturated rings. The Morgan fingerprint density at radius 1 is 0.864 bits per heavy atom. The summed E-state index contributed by atoms with van der Waals surface area (Å²) in [6, 6.07) is -1.21. The van der Waals surface area contributed by atoms with Crippen LogP contribution in [0.25, 0.3) is 0 Å². The SMILES string of the molecule is CCCCCCCCCC(=O)NC(CC(=O)NO)C(=O)NO. The first-order valence-electron chi connectivity index (χ1n) is 7.71. The average molecular weight is 317 g/mol. The maximum absolute atomic E-state index is 11.7. The summed E-state index contributed by atoms with van der Waals surface area (Å²) in [7, 11) is 0. The zero-order chi connectivity index (χ0) is 16.8. The zero-order valence-electron chi connectivity index (χ0n) is 13.1. The van der Waals surface area contributed by atoms with Gasteiger partial charge in [0.1, 0.15) is 6.04 Å². The lowest BCUT2D eigenvalue weighted by atomic mass is 10.1. The number of hydrogen-bond acceptors (Lipinski definition) is 5. The van der Waals surface area contributed by atoms with Gasteiger partial charge in [-0.3, -0.25) is 24.8 Å². The van der Waals surface area contributed by atoms with Crippen LogP contribution in [0.4, 0.5) is 0 Å². The van der Waals surface area contributed by atoms with E-state index in [0.717, 1.165) is 19.3 Å². The van der Waals surface area contributed by atoms with E-state index in [9.17, 15) is 14.4 Å². The fourth-order valence-corrected chi connectivity index (χ4v) is 2.03. The van der Waals surface area contributed by atoms with Crippen LogP contribution in [0.1, 0.15) is 64.7 Å². The van der Waals surface area contributed by atoms with Crippen LogP contribution < -0.4 is 16.3 Å². The van der Waals surface area contributed by atoms with Gasteiger partial charge in [-0.25, -0.2) is 11.0 Å². The zero-order valence-corrected chi connectivity index (χ0v) is 13.1. The van der Waals surface area contributed by atoms with Gasteiger partial charge in [-0.05, 0) is 6.42 Å². The molecule has 5 N–H and O–H groups in total. The lowest BCUT2D eigenvalue weighted by Gasteiger charge is -2.15. The number of carbonyl (C=O) groups excluding carboxylic acids is 3. The van der Waals surface area contributed by atoms with Gasteiger partial charge in [-0.1, -0.05) is 45.4 Å². The molecular formula is C14H27N3O5. The third-order valence-corrected chi connectivity index (χ3v) is 3.28. The van der Waals surface area contributed by atoms with Crippen LogP contribution >= 0.6 is 0 Å². The lowest BCUT2D eigenvalue weighted by molar-refractivity contribution is -0.138. The van der Waals surface area contributed by atoms with Gasteiger partial charge in [0.15, 0.2) is 0 Å². The Kier molecular flexibility index (Phi) is 12.0. The third-order valence-electron chi connectivity index (χ3n) is 3.28. The van der Waals surface area contributed by atoms with Crippen LogP contribution in [0.5, 0.6) is 0 Å². The highest BCUT2D eigenvalue weighted by atomic mass is 16.5. The van der Waals surface area contributed by atoms with Crippen molar-refractivity contribution in [1.82, 2.24) is 16.3 Å². The summed E-state index contributed by atoms with van der Waals surface area (Å²) in [6.07, 6.45) is 7.29. The predicted octanol–water partition coefficient (Wildman–Crippen LogP) is 1.01. The second kappa shape index (κ2) is 13.0. The molecule has 1 atom stereocenters. The highest BCUT2D eigenvalue weighted by molar-refractivity contribution is 5.91.